The molecule has 2 aliphatic rings. The Bertz CT molecular complexity index is 597. The first-order chi connectivity index (χ1) is 10.6. The van der Waals surface area contributed by atoms with Crippen LogP contribution in [0.3, 0.4) is 0 Å². The number of aryl methyl sites for hydroxylation is 1. The molecule has 1 fully saturated rings. The lowest BCUT2D eigenvalue weighted by molar-refractivity contribution is -0.129. The summed E-state index contributed by atoms with van der Waals surface area (Å²) in [5.74, 6) is 1.67. The molecule has 0 aromatic carbocycles. The standard InChI is InChI=1S/C15H24N6O/c1-4-13-17-15-16-11(3)12(10-21(15)18-13)14(22)20-8-6-19(5-2)7-9-20/h4-10H2,1-3H3,(H,16,17,18). The summed E-state index contributed by atoms with van der Waals surface area (Å²) < 4.78 is 1.79. The minimum atomic E-state index is 0.125. The predicted octanol–water partition coefficient (Wildman–Crippen LogP) is 0.704. The largest absolute Gasteiger partial charge is 0.336 e. The molecule has 3 heterocycles. The van der Waals surface area contributed by atoms with Crippen LogP contribution in [0.5, 0.6) is 0 Å². The molecule has 0 atom stereocenters. The number of likely N-dealkylation sites (N-methyl/N-ethyl adjacent to an activating group) is 1. The third kappa shape index (κ3) is 2.72. The Morgan fingerprint density at radius 2 is 1.95 bits per heavy atom. The molecule has 1 N–H and O–H groups in total. The maximum absolute atomic E-state index is 12.8. The summed E-state index contributed by atoms with van der Waals surface area (Å²) in [6, 6.07) is 0. The summed E-state index contributed by atoms with van der Waals surface area (Å²) in [5.41, 5.74) is 1.69. The fraction of sp³-hybridized carbons (Fsp3) is 0.667. The van der Waals surface area contributed by atoms with E-state index in [1.807, 2.05) is 18.7 Å². The number of amides is 1. The van der Waals surface area contributed by atoms with Crippen molar-refractivity contribution >= 4 is 11.9 Å². The van der Waals surface area contributed by atoms with Crippen LogP contribution in [-0.4, -0.2) is 63.2 Å². The summed E-state index contributed by atoms with van der Waals surface area (Å²) in [5, 5.41) is 7.65. The van der Waals surface area contributed by atoms with Crippen molar-refractivity contribution < 1.29 is 4.79 Å². The van der Waals surface area contributed by atoms with E-state index in [1.165, 1.54) is 0 Å². The summed E-state index contributed by atoms with van der Waals surface area (Å²) in [7, 11) is 0. The molecule has 0 aliphatic carbocycles. The molecule has 0 spiro atoms. The highest BCUT2D eigenvalue weighted by molar-refractivity contribution is 5.95. The van der Waals surface area contributed by atoms with Crippen LogP contribution in [0.15, 0.2) is 11.3 Å². The molecule has 1 saturated heterocycles. The molecule has 3 rings (SSSR count). The molecule has 1 aromatic heterocycles. The van der Waals surface area contributed by atoms with Gasteiger partial charge in [-0.3, -0.25) is 4.79 Å². The van der Waals surface area contributed by atoms with Crippen LogP contribution in [0.1, 0.15) is 26.6 Å². The third-order valence-corrected chi connectivity index (χ3v) is 4.46. The van der Waals surface area contributed by atoms with Gasteiger partial charge in [-0.05, 0) is 13.5 Å². The summed E-state index contributed by atoms with van der Waals surface area (Å²) >= 11 is 0. The van der Waals surface area contributed by atoms with E-state index in [0.29, 0.717) is 6.54 Å². The highest BCUT2D eigenvalue weighted by Gasteiger charge is 2.28. The van der Waals surface area contributed by atoms with Gasteiger partial charge in [0.1, 0.15) is 0 Å². The van der Waals surface area contributed by atoms with Gasteiger partial charge in [-0.15, -0.1) is 0 Å². The lowest BCUT2D eigenvalue weighted by Crippen LogP contribution is -2.49. The van der Waals surface area contributed by atoms with E-state index in [-0.39, 0.29) is 5.91 Å². The van der Waals surface area contributed by atoms with Gasteiger partial charge in [-0.2, -0.15) is 10.1 Å². The van der Waals surface area contributed by atoms with Gasteiger partial charge in [-0.1, -0.05) is 13.8 Å². The molecule has 0 saturated carbocycles. The van der Waals surface area contributed by atoms with Gasteiger partial charge in [0, 0.05) is 38.3 Å². The van der Waals surface area contributed by atoms with Crippen molar-refractivity contribution in [1.82, 2.24) is 24.6 Å². The number of piperazine rings is 1. The van der Waals surface area contributed by atoms with Gasteiger partial charge >= 0.3 is 0 Å². The van der Waals surface area contributed by atoms with Crippen molar-refractivity contribution in [2.45, 2.75) is 33.7 Å². The molecule has 1 aromatic rings. The van der Waals surface area contributed by atoms with Crippen molar-refractivity contribution in [1.29, 1.82) is 0 Å². The lowest BCUT2D eigenvalue weighted by atomic mass is 10.1. The molecule has 22 heavy (non-hydrogen) atoms. The minimum absolute atomic E-state index is 0.125. The van der Waals surface area contributed by atoms with Gasteiger partial charge in [0.05, 0.1) is 12.1 Å². The van der Waals surface area contributed by atoms with E-state index in [0.717, 1.165) is 62.2 Å². The Labute approximate surface area is 131 Å². The minimum Gasteiger partial charge on any atom is -0.336 e. The number of nitrogens with zero attached hydrogens (tertiary/aromatic N) is 5. The van der Waals surface area contributed by atoms with E-state index < -0.39 is 0 Å². The fourth-order valence-corrected chi connectivity index (χ4v) is 2.94. The van der Waals surface area contributed by atoms with E-state index in [4.69, 9.17) is 0 Å². The van der Waals surface area contributed by atoms with Crippen LogP contribution < -0.4 is 5.32 Å². The molecule has 7 nitrogen and oxygen atoms in total. The number of fused-ring (bicyclic) bond motifs is 1. The Balaban J connectivity index is 1.72. The van der Waals surface area contributed by atoms with Gasteiger partial charge in [0.15, 0.2) is 5.82 Å². The Kier molecular flexibility index (Phi) is 4.15. The molecule has 0 bridgehead atoms. The summed E-state index contributed by atoms with van der Waals surface area (Å²) in [6.45, 7) is 11.2. The molecule has 7 heteroatoms. The number of hydrogen-bond donors (Lipinski definition) is 1. The second-order valence-electron chi connectivity index (χ2n) is 5.82. The molecule has 1 amide bonds. The second-order valence-corrected chi connectivity index (χ2v) is 5.82. The highest BCUT2D eigenvalue weighted by atomic mass is 16.2. The summed E-state index contributed by atoms with van der Waals surface area (Å²) in [6.07, 6.45) is 0.795. The molecule has 120 valence electrons. The number of hydrogen-bond acceptors (Lipinski definition) is 5. The van der Waals surface area contributed by atoms with Crippen molar-refractivity contribution in [3.8, 4) is 0 Å². The van der Waals surface area contributed by atoms with E-state index in [1.54, 1.807) is 4.68 Å². The third-order valence-electron chi connectivity index (χ3n) is 4.46. The number of anilines is 1. The number of carbonyl (C=O) groups excluding carboxylic acids is 1. The van der Waals surface area contributed by atoms with Crippen molar-refractivity contribution in [2.75, 3.05) is 38.0 Å². The SMILES string of the molecule is CCc1nc2n(n1)CC(C(=O)N1CCN(CC)CC1)=C(C)N2. The van der Waals surface area contributed by atoms with Crippen molar-refractivity contribution in [2.24, 2.45) is 0 Å². The van der Waals surface area contributed by atoms with E-state index >= 15 is 0 Å². The highest BCUT2D eigenvalue weighted by Crippen LogP contribution is 2.21. The number of allylic oxidation sites excluding steroid dienone is 1. The Morgan fingerprint density at radius 1 is 1.23 bits per heavy atom. The smallest absolute Gasteiger partial charge is 0.253 e. The first-order valence-corrected chi connectivity index (χ1v) is 8.04. The quantitative estimate of drug-likeness (QED) is 0.890. The average molecular weight is 304 g/mol. The van der Waals surface area contributed by atoms with Crippen LogP contribution >= 0.6 is 0 Å². The predicted molar refractivity (Wildman–Crippen MR) is 84.4 cm³/mol. The Morgan fingerprint density at radius 3 is 2.59 bits per heavy atom. The van der Waals surface area contributed by atoms with Crippen molar-refractivity contribution in [3.05, 3.63) is 17.1 Å². The average Bonchev–Trinajstić information content (AvgIpc) is 2.95. The van der Waals surface area contributed by atoms with Crippen LogP contribution in [0.4, 0.5) is 5.95 Å². The molecular formula is C15H24N6O. The van der Waals surface area contributed by atoms with E-state index in [9.17, 15) is 4.79 Å². The van der Waals surface area contributed by atoms with Gasteiger partial charge < -0.3 is 15.1 Å². The van der Waals surface area contributed by atoms with Crippen LogP contribution in [0.2, 0.25) is 0 Å². The first kappa shape index (κ1) is 15.0. The topological polar surface area (TPSA) is 66.3 Å². The van der Waals surface area contributed by atoms with Crippen LogP contribution in [0, 0.1) is 0 Å². The van der Waals surface area contributed by atoms with Crippen molar-refractivity contribution in [3.63, 3.8) is 0 Å². The first-order valence-electron chi connectivity index (χ1n) is 8.04. The zero-order valence-electron chi connectivity index (χ0n) is 13.6. The number of carbonyl (C=O) groups is 1. The molecule has 0 unspecified atom stereocenters. The molecule has 0 radical (unpaired) electrons. The normalized spacial score (nSPS) is 19.1. The zero-order chi connectivity index (χ0) is 15.7. The number of aromatic nitrogens is 3. The van der Waals surface area contributed by atoms with Gasteiger partial charge in [0.2, 0.25) is 5.95 Å². The molecule has 2 aliphatic heterocycles. The second kappa shape index (κ2) is 6.08. The van der Waals surface area contributed by atoms with Gasteiger partial charge in [0.25, 0.3) is 5.91 Å². The summed E-state index contributed by atoms with van der Waals surface area (Å²) in [4.78, 5) is 21.5. The maximum atomic E-state index is 12.8. The Hall–Kier alpha value is -1.89. The van der Waals surface area contributed by atoms with E-state index in [2.05, 4.69) is 27.2 Å². The maximum Gasteiger partial charge on any atom is 0.253 e. The van der Waals surface area contributed by atoms with Crippen LogP contribution in [0.25, 0.3) is 0 Å². The fourth-order valence-electron chi connectivity index (χ4n) is 2.94. The monoisotopic (exact) mass is 304 g/mol. The number of nitrogens with one attached hydrogen (secondary N) is 1. The lowest BCUT2D eigenvalue weighted by Gasteiger charge is -2.35. The number of rotatable bonds is 3. The van der Waals surface area contributed by atoms with Crippen LogP contribution in [-0.2, 0) is 17.8 Å². The molecular weight excluding hydrogens is 280 g/mol. The van der Waals surface area contributed by atoms with Gasteiger partial charge in [-0.25, -0.2) is 4.68 Å². The zero-order valence-corrected chi connectivity index (χ0v) is 13.6.